The zero-order valence-corrected chi connectivity index (χ0v) is 23.7. The van der Waals surface area contributed by atoms with Crippen molar-refractivity contribution < 1.29 is 4.21 Å². The van der Waals surface area contributed by atoms with E-state index in [0.29, 0.717) is 4.90 Å². The molecule has 2 nitrogen and oxygen atoms in total. The van der Waals surface area contributed by atoms with Crippen molar-refractivity contribution in [3.05, 3.63) is 191 Å². The highest BCUT2D eigenvalue weighted by molar-refractivity contribution is 8.03. The molecule has 1 aliphatic heterocycles. The second-order valence-corrected chi connectivity index (χ2v) is 12.9. The Hall–Kier alpha value is -4.99. The van der Waals surface area contributed by atoms with E-state index in [9.17, 15) is 0 Å². The Morgan fingerprint density at radius 1 is 0.500 bits per heavy atom. The maximum absolute atomic E-state index is 15.3. The fraction of sp³-hybridized carbons (Fsp3) is 0.0256. The van der Waals surface area contributed by atoms with Gasteiger partial charge >= 0.3 is 0 Å². The van der Waals surface area contributed by atoms with Crippen LogP contribution in [0.5, 0.6) is 0 Å². The zero-order valence-electron chi connectivity index (χ0n) is 22.9. The summed E-state index contributed by atoms with van der Waals surface area (Å²) in [7, 11) is -2.98. The highest BCUT2D eigenvalue weighted by Gasteiger charge is 2.47. The summed E-state index contributed by atoms with van der Waals surface area (Å²) in [6, 6.07) is 54.4. The van der Waals surface area contributed by atoms with Crippen LogP contribution in [0.15, 0.2) is 167 Å². The molecule has 0 saturated carbocycles. The monoisotopic (exact) mass is 557 g/mol. The zero-order chi connectivity index (χ0) is 28.1. The number of nitrogens with zero attached hydrogens (tertiary/aromatic N) is 1. The van der Waals surface area contributed by atoms with Crippen molar-refractivity contribution >= 4 is 26.4 Å². The fourth-order valence-electron chi connectivity index (χ4n) is 6.81. The van der Waals surface area contributed by atoms with Crippen molar-refractivity contribution in [3.63, 3.8) is 0 Å². The van der Waals surface area contributed by atoms with Gasteiger partial charge in [0.25, 0.3) is 0 Å². The van der Waals surface area contributed by atoms with E-state index >= 15 is 4.21 Å². The first kappa shape index (κ1) is 24.8. The van der Waals surface area contributed by atoms with Crippen LogP contribution in [0, 0.1) is 0 Å². The Morgan fingerprint density at radius 3 is 1.76 bits per heavy atom. The third kappa shape index (κ3) is 3.47. The van der Waals surface area contributed by atoms with E-state index in [0.717, 1.165) is 32.8 Å². The van der Waals surface area contributed by atoms with E-state index < -0.39 is 15.1 Å². The van der Waals surface area contributed by atoms with Crippen molar-refractivity contribution in [1.82, 2.24) is 0 Å². The Bertz CT molecular complexity index is 2080. The molecule has 0 N–H and O–H groups in total. The maximum atomic E-state index is 15.3. The van der Waals surface area contributed by atoms with Crippen molar-refractivity contribution in [2.75, 3.05) is 0 Å². The molecule has 1 unspecified atom stereocenters. The minimum absolute atomic E-state index is 0.525. The first-order chi connectivity index (χ1) is 20.7. The Balaban J connectivity index is 1.50. The first-order valence-electron chi connectivity index (χ1n) is 14.2. The van der Waals surface area contributed by atoms with Gasteiger partial charge in [0.1, 0.15) is 9.73 Å². The van der Waals surface area contributed by atoms with E-state index in [2.05, 4.69) is 115 Å². The van der Waals surface area contributed by atoms with Crippen LogP contribution in [-0.2, 0) is 15.1 Å². The van der Waals surface area contributed by atoms with Crippen LogP contribution >= 0.6 is 0 Å². The Kier molecular flexibility index (Phi) is 5.63. The number of benzene rings is 6. The Labute approximate surface area is 246 Å². The number of fused-ring (bicyclic) bond motifs is 4. The summed E-state index contributed by atoms with van der Waals surface area (Å²) in [4.78, 5) is 1.46. The third-order valence-electron chi connectivity index (χ3n) is 8.56. The second-order valence-electron chi connectivity index (χ2n) is 10.8. The van der Waals surface area contributed by atoms with Crippen LogP contribution in [0.2, 0.25) is 0 Å². The van der Waals surface area contributed by atoms with Gasteiger partial charge in [-0.05, 0) is 57.7 Å². The minimum Gasteiger partial charge on any atom is -0.239 e. The number of hydrogen-bond donors (Lipinski definition) is 0. The van der Waals surface area contributed by atoms with Gasteiger partial charge in [-0.15, -0.1) is 0 Å². The average molecular weight is 558 g/mol. The molecule has 1 atom stereocenters. The standard InChI is InChI=1S/C39H27NOS/c41-42(31-20-8-3-9-21-31)37(27-28-15-10-13-26-36(28)40-42)33-23-14-25-35-38(33)32-22-11-12-24-34(32)39(35,29-16-4-1-5-17-29)30-18-6-2-7-19-30/h1-27H. The summed E-state index contributed by atoms with van der Waals surface area (Å²) in [6.07, 6.45) is 2.10. The van der Waals surface area contributed by atoms with Gasteiger partial charge in [-0.2, -0.15) is 4.36 Å². The van der Waals surface area contributed by atoms with Gasteiger partial charge in [0.2, 0.25) is 0 Å². The third-order valence-corrected chi connectivity index (χ3v) is 10.9. The largest absolute Gasteiger partial charge is 0.239 e. The van der Waals surface area contributed by atoms with Crippen LogP contribution in [0.25, 0.3) is 22.1 Å². The molecule has 0 bridgehead atoms. The molecule has 3 heteroatoms. The summed E-state index contributed by atoms with van der Waals surface area (Å²) in [5.41, 5.74) is 9.26. The van der Waals surface area contributed by atoms with Gasteiger partial charge in [-0.25, -0.2) is 4.21 Å². The molecule has 6 aromatic carbocycles. The van der Waals surface area contributed by atoms with E-state index in [1.807, 2.05) is 48.5 Å². The lowest BCUT2D eigenvalue weighted by atomic mass is 9.67. The van der Waals surface area contributed by atoms with Gasteiger partial charge < -0.3 is 0 Å². The summed E-state index contributed by atoms with van der Waals surface area (Å²) in [6.45, 7) is 0. The highest BCUT2D eigenvalue weighted by atomic mass is 32.2. The SMILES string of the molecule is O=S1(c2ccccc2)=Nc2ccccc2C=C1c1cccc2c1-c1ccccc1C2(c1ccccc1)c1ccccc1. The van der Waals surface area contributed by atoms with Gasteiger partial charge in [0.15, 0.2) is 0 Å². The van der Waals surface area contributed by atoms with E-state index in [4.69, 9.17) is 4.36 Å². The Morgan fingerprint density at radius 2 is 1.05 bits per heavy atom. The molecule has 0 amide bonds. The van der Waals surface area contributed by atoms with Crippen molar-refractivity contribution in [2.24, 2.45) is 4.36 Å². The van der Waals surface area contributed by atoms with Gasteiger partial charge in [0.05, 0.1) is 20.9 Å². The van der Waals surface area contributed by atoms with Crippen LogP contribution in [0.3, 0.4) is 0 Å². The predicted molar refractivity (Wildman–Crippen MR) is 173 cm³/mol. The minimum atomic E-state index is -2.98. The van der Waals surface area contributed by atoms with Crippen molar-refractivity contribution in [3.8, 4) is 11.1 Å². The quantitative estimate of drug-likeness (QED) is 0.212. The molecule has 1 aliphatic carbocycles. The summed E-state index contributed by atoms with van der Waals surface area (Å²) in [5, 5.41) is 0. The second kappa shape index (κ2) is 9.54. The van der Waals surface area contributed by atoms with Crippen molar-refractivity contribution in [1.29, 1.82) is 0 Å². The van der Waals surface area contributed by atoms with Crippen LogP contribution in [-0.4, -0.2) is 4.21 Å². The molecule has 1 heterocycles. The first-order valence-corrected chi connectivity index (χ1v) is 15.7. The van der Waals surface area contributed by atoms with Crippen molar-refractivity contribution in [2.45, 2.75) is 10.3 Å². The van der Waals surface area contributed by atoms with E-state index in [-0.39, 0.29) is 0 Å². The normalized spacial score (nSPS) is 17.8. The molecule has 200 valence electrons. The van der Waals surface area contributed by atoms with Crippen LogP contribution in [0.1, 0.15) is 33.4 Å². The summed E-state index contributed by atoms with van der Waals surface area (Å²) >= 11 is 0. The van der Waals surface area contributed by atoms with Gasteiger partial charge in [0, 0.05) is 11.1 Å². The maximum Gasteiger partial charge on any atom is 0.109 e. The molecule has 0 radical (unpaired) electrons. The van der Waals surface area contributed by atoms with Gasteiger partial charge in [-0.3, -0.25) is 0 Å². The number of hydrogen-bond acceptors (Lipinski definition) is 2. The molecule has 0 saturated heterocycles. The summed E-state index contributed by atoms with van der Waals surface area (Å²) in [5.74, 6) is 0. The molecule has 6 aromatic rings. The van der Waals surface area contributed by atoms with Crippen LogP contribution in [0.4, 0.5) is 5.69 Å². The van der Waals surface area contributed by atoms with E-state index in [1.54, 1.807) is 0 Å². The topological polar surface area (TPSA) is 29.4 Å². The predicted octanol–water partition coefficient (Wildman–Crippen LogP) is 9.72. The lowest BCUT2D eigenvalue weighted by Gasteiger charge is -2.34. The molecule has 8 rings (SSSR count). The molecular formula is C39H27NOS. The molecular weight excluding hydrogens is 531 g/mol. The smallest absolute Gasteiger partial charge is 0.109 e. The summed E-state index contributed by atoms with van der Waals surface area (Å²) < 4.78 is 20.3. The van der Waals surface area contributed by atoms with Crippen LogP contribution < -0.4 is 0 Å². The molecule has 2 aliphatic rings. The van der Waals surface area contributed by atoms with E-state index in [1.165, 1.54) is 22.3 Å². The molecule has 0 spiro atoms. The molecule has 0 fully saturated rings. The average Bonchev–Trinajstić information content (AvgIpc) is 3.37. The van der Waals surface area contributed by atoms with Gasteiger partial charge in [-0.1, -0.05) is 140 Å². The fourth-order valence-corrected chi connectivity index (χ4v) is 8.99. The highest BCUT2D eigenvalue weighted by Crippen LogP contribution is 2.58. The number of rotatable bonds is 4. The lowest BCUT2D eigenvalue weighted by molar-refractivity contribution is 0.683. The molecule has 0 aromatic heterocycles. The molecule has 42 heavy (non-hydrogen) atoms. The lowest BCUT2D eigenvalue weighted by Crippen LogP contribution is -2.28.